The average molecular weight is 321 g/mol. The van der Waals surface area contributed by atoms with Crippen LogP contribution in [0.25, 0.3) is 0 Å². The van der Waals surface area contributed by atoms with Crippen LogP contribution in [0.4, 0.5) is 0 Å². The number of aliphatic hydroxyl groups excluding tert-OH is 1. The fourth-order valence-corrected chi connectivity index (χ4v) is 4.04. The number of hydrogen-bond acceptors (Lipinski definition) is 4. The van der Waals surface area contributed by atoms with Crippen LogP contribution in [0.3, 0.4) is 0 Å². The Morgan fingerprint density at radius 2 is 2.14 bits per heavy atom. The number of aliphatic hydroxyl groups is 1. The Balaban J connectivity index is 2.19. The molecule has 0 fully saturated rings. The van der Waals surface area contributed by atoms with Gasteiger partial charge in [0.15, 0.2) is 0 Å². The standard InChI is InChI=1S/C15H15NO3S2/c1-12(16-21(18,19)15-8-4-10-20-15)14-7-2-5-13(11-14)6-3-9-17/h2,4-5,7-8,10-12,16-17H,9H2,1H3. The maximum Gasteiger partial charge on any atom is 0.250 e. The summed E-state index contributed by atoms with van der Waals surface area (Å²) in [6.45, 7) is 1.58. The molecular formula is C15H15NO3S2. The first-order valence-electron chi connectivity index (χ1n) is 6.28. The van der Waals surface area contributed by atoms with E-state index >= 15 is 0 Å². The highest BCUT2D eigenvalue weighted by atomic mass is 32.2. The lowest BCUT2D eigenvalue weighted by Crippen LogP contribution is -2.26. The Kier molecular flexibility index (Phi) is 5.15. The van der Waals surface area contributed by atoms with E-state index in [9.17, 15) is 8.42 Å². The van der Waals surface area contributed by atoms with E-state index in [0.717, 1.165) is 11.1 Å². The molecule has 1 heterocycles. The van der Waals surface area contributed by atoms with Crippen LogP contribution in [0.15, 0.2) is 46.0 Å². The number of hydrogen-bond donors (Lipinski definition) is 2. The molecule has 2 aromatic rings. The van der Waals surface area contributed by atoms with Crippen LogP contribution in [0, 0.1) is 11.8 Å². The summed E-state index contributed by atoms with van der Waals surface area (Å²) in [7, 11) is -3.50. The zero-order chi connectivity index (χ0) is 15.3. The van der Waals surface area contributed by atoms with E-state index in [2.05, 4.69) is 16.6 Å². The van der Waals surface area contributed by atoms with Gasteiger partial charge < -0.3 is 5.11 Å². The molecule has 0 bridgehead atoms. The second-order valence-electron chi connectivity index (χ2n) is 4.36. The summed E-state index contributed by atoms with van der Waals surface area (Å²) < 4.78 is 27.3. The Labute approximate surface area is 128 Å². The van der Waals surface area contributed by atoms with Crippen molar-refractivity contribution in [3.05, 3.63) is 52.9 Å². The third-order valence-electron chi connectivity index (χ3n) is 2.79. The van der Waals surface area contributed by atoms with Crippen LogP contribution in [0.5, 0.6) is 0 Å². The highest BCUT2D eigenvalue weighted by molar-refractivity contribution is 7.91. The molecule has 0 saturated heterocycles. The van der Waals surface area contributed by atoms with Crippen molar-refractivity contribution in [1.82, 2.24) is 4.72 Å². The van der Waals surface area contributed by atoms with Gasteiger partial charge in [-0.25, -0.2) is 13.1 Å². The molecule has 0 saturated carbocycles. The van der Waals surface area contributed by atoms with Crippen molar-refractivity contribution in [1.29, 1.82) is 0 Å². The third kappa shape index (κ3) is 4.16. The lowest BCUT2D eigenvalue weighted by molar-refractivity contribution is 0.350. The molecule has 1 aromatic carbocycles. The molecule has 0 aliphatic carbocycles. The minimum Gasteiger partial charge on any atom is -0.384 e. The molecule has 0 aliphatic heterocycles. The van der Waals surface area contributed by atoms with Crippen LogP contribution in [-0.4, -0.2) is 20.1 Å². The molecule has 6 heteroatoms. The van der Waals surface area contributed by atoms with Crippen LogP contribution in [-0.2, 0) is 10.0 Å². The number of nitrogens with one attached hydrogen (secondary N) is 1. The Morgan fingerprint density at radius 1 is 1.33 bits per heavy atom. The van der Waals surface area contributed by atoms with Gasteiger partial charge in [-0.1, -0.05) is 30.0 Å². The van der Waals surface area contributed by atoms with Crippen LogP contribution < -0.4 is 4.72 Å². The molecule has 0 aliphatic rings. The normalized spacial score (nSPS) is 12.5. The lowest BCUT2D eigenvalue weighted by atomic mass is 10.1. The zero-order valence-corrected chi connectivity index (χ0v) is 13.0. The first-order chi connectivity index (χ1) is 10.0. The predicted molar refractivity (Wildman–Crippen MR) is 83.5 cm³/mol. The van der Waals surface area contributed by atoms with Gasteiger partial charge in [0.2, 0.25) is 0 Å². The summed E-state index contributed by atoms with van der Waals surface area (Å²) >= 11 is 1.18. The number of thiophene rings is 1. The van der Waals surface area contributed by atoms with Gasteiger partial charge in [0, 0.05) is 11.6 Å². The first kappa shape index (κ1) is 15.7. The Morgan fingerprint density at radius 3 is 2.81 bits per heavy atom. The van der Waals surface area contributed by atoms with E-state index in [0.29, 0.717) is 4.21 Å². The van der Waals surface area contributed by atoms with Crippen molar-refractivity contribution in [2.75, 3.05) is 6.61 Å². The number of rotatable bonds is 4. The second-order valence-corrected chi connectivity index (χ2v) is 7.25. The molecule has 1 unspecified atom stereocenters. The molecule has 4 nitrogen and oxygen atoms in total. The summed E-state index contributed by atoms with van der Waals surface area (Å²) in [5, 5.41) is 10.4. The van der Waals surface area contributed by atoms with Gasteiger partial charge in [-0.15, -0.1) is 11.3 Å². The Hall–Kier alpha value is -1.65. The largest absolute Gasteiger partial charge is 0.384 e. The molecule has 0 spiro atoms. The summed E-state index contributed by atoms with van der Waals surface area (Å²) in [5.74, 6) is 5.37. The van der Waals surface area contributed by atoms with Crippen molar-refractivity contribution >= 4 is 21.4 Å². The minimum atomic E-state index is -3.50. The summed E-state index contributed by atoms with van der Waals surface area (Å²) in [5.41, 5.74) is 1.56. The van der Waals surface area contributed by atoms with Crippen molar-refractivity contribution in [3.63, 3.8) is 0 Å². The highest BCUT2D eigenvalue weighted by Crippen LogP contribution is 2.20. The average Bonchev–Trinajstić information content (AvgIpc) is 3.00. The van der Waals surface area contributed by atoms with Crippen LogP contribution in [0.2, 0.25) is 0 Å². The number of sulfonamides is 1. The smallest absolute Gasteiger partial charge is 0.250 e. The van der Waals surface area contributed by atoms with Gasteiger partial charge in [-0.3, -0.25) is 0 Å². The minimum absolute atomic E-state index is 0.204. The third-order valence-corrected chi connectivity index (χ3v) is 5.73. The molecule has 2 rings (SSSR count). The van der Waals surface area contributed by atoms with Gasteiger partial charge in [-0.05, 0) is 36.1 Å². The monoisotopic (exact) mass is 321 g/mol. The quantitative estimate of drug-likeness (QED) is 0.848. The lowest BCUT2D eigenvalue weighted by Gasteiger charge is -2.14. The van der Waals surface area contributed by atoms with E-state index in [1.807, 2.05) is 24.3 Å². The van der Waals surface area contributed by atoms with Gasteiger partial charge >= 0.3 is 0 Å². The molecule has 1 aromatic heterocycles. The molecule has 1 atom stereocenters. The van der Waals surface area contributed by atoms with E-state index in [1.165, 1.54) is 11.3 Å². The molecular weight excluding hydrogens is 306 g/mol. The summed E-state index contributed by atoms with van der Waals surface area (Å²) in [6.07, 6.45) is 0. The van der Waals surface area contributed by atoms with E-state index in [1.54, 1.807) is 24.4 Å². The maximum atomic E-state index is 12.2. The van der Waals surface area contributed by atoms with Crippen molar-refractivity contribution in [2.24, 2.45) is 0 Å². The fourth-order valence-electron chi connectivity index (χ4n) is 1.80. The summed E-state index contributed by atoms with van der Waals surface area (Å²) in [4.78, 5) is 0. The molecule has 21 heavy (non-hydrogen) atoms. The molecule has 110 valence electrons. The van der Waals surface area contributed by atoms with Crippen LogP contribution >= 0.6 is 11.3 Å². The van der Waals surface area contributed by atoms with Gasteiger partial charge in [0.25, 0.3) is 10.0 Å². The van der Waals surface area contributed by atoms with Crippen molar-refractivity contribution < 1.29 is 13.5 Å². The number of benzene rings is 1. The summed E-state index contributed by atoms with van der Waals surface area (Å²) in [6, 6.07) is 10.2. The predicted octanol–water partition coefficient (Wildman–Crippen LogP) is 2.13. The topological polar surface area (TPSA) is 66.4 Å². The zero-order valence-electron chi connectivity index (χ0n) is 11.4. The van der Waals surface area contributed by atoms with Crippen molar-refractivity contribution in [2.45, 2.75) is 17.2 Å². The first-order valence-corrected chi connectivity index (χ1v) is 8.65. The maximum absolute atomic E-state index is 12.2. The fraction of sp³-hybridized carbons (Fsp3) is 0.200. The molecule has 2 N–H and O–H groups in total. The Bertz CT molecular complexity index is 756. The second kappa shape index (κ2) is 6.87. The van der Waals surface area contributed by atoms with Crippen molar-refractivity contribution in [3.8, 4) is 11.8 Å². The van der Waals surface area contributed by atoms with E-state index in [4.69, 9.17) is 5.11 Å². The van der Waals surface area contributed by atoms with Gasteiger partial charge in [-0.2, -0.15) is 0 Å². The molecule has 0 radical (unpaired) electrons. The van der Waals surface area contributed by atoms with E-state index in [-0.39, 0.29) is 12.6 Å². The highest BCUT2D eigenvalue weighted by Gasteiger charge is 2.19. The van der Waals surface area contributed by atoms with Gasteiger partial charge in [0.1, 0.15) is 10.8 Å². The molecule has 0 amide bonds. The van der Waals surface area contributed by atoms with Gasteiger partial charge in [0.05, 0.1) is 0 Å². The van der Waals surface area contributed by atoms with Crippen LogP contribution in [0.1, 0.15) is 24.1 Å². The van der Waals surface area contributed by atoms with E-state index < -0.39 is 10.0 Å². The SMILES string of the molecule is CC(NS(=O)(=O)c1cccs1)c1cccc(C#CCO)c1.